The molecule has 0 aliphatic rings. The number of hydrogen-bond donors (Lipinski definition) is 0. The van der Waals surface area contributed by atoms with Gasteiger partial charge in [0, 0.05) is 6.08 Å². The molecule has 0 atom stereocenters. The lowest BCUT2D eigenvalue weighted by Crippen LogP contribution is -2.04. The van der Waals surface area contributed by atoms with Crippen molar-refractivity contribution in [1.82, 2.24) is 0 Å². The maximum absolute atomic E-state index is 11.9. The van der Waals surface area contributed by atoms with Crippen LogP contribution in [0.2, 0.25) is 0 Å². The van der Waals surface area contributed by atoms with Crippen molar-refractivity contribution in [3.8, 4) is 17.2 Å². The quantitative estimate of drug-likeness (QED) is 0.476. The predicted octanol–water partition coefficient (Wildman–Crippen LogP) is 3.94. The summed E-state index contributed by atoms with van der Waals surface area (Å²) >= 11 is 0. The number of rotatable bonds is 5. The van der Waals surface area contributed by atoms with Crippen molar-refractivity contribution in [2.24, 2.45) is 0 Å². The average Bonchev–Trinajstić information content (AvgIpc) is 2.55. The van der Waals surface area contributed by atoms with Crippen LogP contribution in [0.1, 0.15) is 16.7 Å². The molecule has 0 radical (unpaired) electrons. The minimum absolute atomic E-state index is 0.424. The van der Waals surface area contributed by atoms with E-state index in [2.05, 4.69) is 0 Å². The number of methoxy groups -OCH3 is 2. The van der Waals surface area contributed by atoms with Gasteiger partial charge >= 0.3 is 5.97 Å². The summed E-state index contributed by atoms with van der Waals surface area (Å²) < 4.78 is 15.8. The number of hydrogen-bond acceptors (Lipinski definition) is 4. The molecule has 0 amide bonds. The molecule has 0 N–H and O–H groups in total. The SMILES string of the molecule is COc1ccc(/C=C/C(=O)Oc2ccc(C)cc2C)cc1OC. The molecule has 0 heterocycles. The van der Waals surface area contributed by atoms with Gasteiger partial charge < -0.3 is 14.2 Å². The van der Waals surface area contributed by atoms with E-state index in [4.69, 9.17) is 14.2 Å². The molecule has 2 aromatic rings. The van der Waals surface area contributed by atoms with Gasteiger partial charge in [-0.1, -0.05) is 23.8 Å². The molecule has 0 saturated carbocycles. The van der Waals surface area contributed by atoms with E-state index in [1.54, 1.807) is 38.5 Å². The Balaban J connectivity index is 2.09. The lowest BCUT2D eigenvalue weighted by atomic mass is 10.1. The number of carbonyl (C=O) groups is 1. The predicted molar refractivity (Wildman–Crippen MR) is 90.1 cm³/mol. The second-order valence-corrected chi connectivity index (χ2v) is 5.14. The molecule has 0 spiro atoms. The van der Waals surface area contributed by atoms with Crippen molar-refractivity contribution >= 4 is 12.0 Å². The summed E-state index contributed by atoms with van der Waals surface area (Å²) in [5.41, 5.74) is 2.88. The first kappa shape index (κ1) is 16.6. The summed E-state index contributed by atoms with van der Waals surface area (Å²) in [6.07, 6.45) is 3.06. The van der Waals surface area contributed by atoms with E-state index in [-0.39, 0.29) is 0 Å². The summed E-state index contributed by atoms with van der Waals surface area (Å²) in [5.74, 6) is 1.39. The molecule has 4 heteroatoms. The van der Waals surface area contributed by atoms with Crippen LogP contribution >= 0.6 is 0 Å². The maximum Gasteiger partial charge on any atom is 0.336 e. The molecule has 23 heavy (non-hydrogen) atoms. The van der Waals surface area contributed by atoms with Crippen LogP contribution in [0, 0.1) is 13.8 Å². The van der Waals surface area contributed by atoms with Crippen LogP contribution in [0.25, 0.3) is 6.08 Å². The zero-order valence-electron chi connectivity index (χ0n) is 13.8. The van der Waals surface area contributed by atoms with E-state index in [1.807, 2.05) is 32.0 Å². The van der Waals surface area contributed by atoms with Crippen LogP contribution in [0.5, 0.6) is 17.2 Å². The first-order valence-electron chi connectivity index (χ1n) is 7.22. The minimum Gasteiger partial charge on any atom is -0.493 e. The summed E-state index contributed by atoms with van der Waals surface area (Å²) in [6, 6.07) is 11.1. The third-order valence-corrected chi connectivity index (χ3v) is 3.36. The standard InChI is InChI=1S/C19H20O4/c1-13-5-8-16(14(2)11-13)23-19(20)10-7-15-6-9-17(21-3)18(12-15)22-4/h5-12H,1-4H3/b10-7+. The number of benzene rings is 2. The van der Waals surface area contributed by atoms with Gasteiger partial charge in [0.1, 0.15) is 5.75 Å². The number of carbonyl (C=O) groups excluding carboxylic acids is 1. The fourth-order valence-corrected chi connectivity index (χ4v) is 2.18. The van der Waals surface area contributed by atoms with Crippen LogP contribution in [-0.4, -0.2) is 20.2 Å². The van der Waals surface area contributed by atoms with Crippen LogP contribution in [0.4, 0.5) is 0 Å². The van der Waals surface area contributed by atoms with Gasteiger partial charge in [-0.05, 0) is 49.2 Å². The Morgan fingerprint density at radius 3 is 2.26 bits per heavy atom. The highest BCUT2D eigenvalue weighted by molar-refractivity contribution is 5.89. The van der Waals surface area contributed by atoms with Gasteiger partial charge in [0.15, 0.2) is 11.5 Å². The molecular formula is C19H20O4. The molecule has 0 aliphatic heterocycles. The summed E-state index contributed by atoms with van der Waals surface area (Å²) in [6.45, 7) is 3.91. The van der Waals surface area contributed by atoms with Crippen LogP contribution < -0.4 is 14.2 Å². The average molecular weight is 312 g/mol. The second-order valence-electron chi connectivity index (χ2n) is 5.14. The molecule has 0 unspecified atom stereocenters. The Labute approximate surface area is 136 Å². The Morgan fingerprint density at radius 1 is 0.913 bits per heavy atom. The van der Waals surface area contributed by atoms with E-state index in [0.29, 0.717) is 17.2 Å². The summed E-state index contributed by atoms with van der Waals surface area (Å²) in [4.78, 5) is 11.9. The molecule has 2 rings (SSSR count). The maximum atomic E-state index is 11.9. The Hall–Kier alpha value is -2.75. The molecule has 0 saturated heterocycles. The normalized spacial score (nSPS) is 10.6. The highest BCUT2D eigenvalue weighted by Crippen LogP contribution is 2.28. The largest absolute Gasteiger partial charge is 0.493 e. The van der Waals surface area contributed by atoms with E-state index in [0.717, 1.165) is 16.7 Å². The highest BCUT2D eigenvalue weighted by atomic mass is 16.5. The zero-order chi connectivity index (χ0) is 16.8. The Morgan fingerprint density at radius 2 is 1.61 bits per heavy atom. The lowest BCUT2D eigenvalue weighted by Gasteiger charge is -2.08. The number of esters is 1. The monoisotopic (exact) mass is 312 g/mol. The zero-order valence-corrected chi connectivity index (χ0v) is 13.8. The fourth-order valence-electron chi connectivity index (χ4n) is 2.18. The Bertz CT molecular complexity index is 732. The van der Waals surface area contributed by atoms with Gasteiger partial charge in [-0.2, -0.15) is 0 Å². The summed E-state index contributed by atoms with van der Waals surface area (Å²) in [7, 11) is 3.15. The molecule has 4 nitrogen and oxygen atoms in total. The van der Waals surface area contributed by atoms with Crippen molar-refractivity contribution in [3.05, 3.63) is 59.2 Å². The van der Waals surface area contributed by atoms with Crippen LogP contribution in [0.3, 0.4) is 0 Å². The van der Waals surface area contributed by atoms with Crippen molar-refractivity contribution in [2.45, 2.75) is 13.8 Å². The van der Waals surface area contributed by atoms with E-state index in [1.165, 1.54) is 6.08 Å². The van der Waals surface area contributed by atoms with Crippen molar-refractivity contribution in [1.29, 1.82) is 0 Å². The minimum atomic E-state index is -0.424. The first-order chi connectivity index (χ1) is 11.0. The van der Waals surface area contributed by atoms with Crippen LogP contribution in [-0.2, 0) is 4.79 Å². The molecule has 0 bridgehead atoms. The molecule has 0 aromatic heterocycles. The molecule has 2 aromatic carbocycles. The highest BCUT2D eigenvalue weighted by Gasteiger charge is 2.06. The molecule has 0 fully saturated rings. The lowest BCUT2D eigenvalue weighted by molar-refractivity contribution is -0.128. The summed E-state index contributed by atoms with van der Waals surface area (Å²) in [5, 5.41) is 0. The van der Waals surface area contributed by atoms with Gasteiger partial charge in [0.05, 0.1) is 14.2 Å². The van der Waals surface area contributed by atoms with E-state index < -0.39 is 5.97 Å². The number of ether oxygens (including phenoxy) is 3. The van der Waals surface area contributed by atoms with Gasteiger partial charge in [-0.15, -0.1) is 0 Å². The van der Waals surface area contributed by atoms with Gasteiger partial charge in [-0.3, -0.25) is 0 Å². The molecular weight excluding hydrogens is 292 g/mol. The second kappa shape index (κ2) is 7.49. The Kier molecular flexibility index (Phi) is 5.41. The van der Waals surface area contributed by atoms with Crippen molar-refractivity contribution in [2.75, 3.05) is 14.2 Å². The van der Waals surface area contributed by atoms with Gasteiger partial charge in [0.2, 0.25) is 0 Å². The van der Waals surface area contributed by atoms with Gasteiger partial charge in [-0.25, -0.2) is 4.79 Å². The van der Waals surface area contributed by atoms with Gasteiger partial charge in [0.25, 0.3) is 0 Å². The van der Waals surface area contributed by atoms with Crippen molar-refractivity contribution < 1.29 is 19.0 Å². The molecule has 0 aliphatic carbocycles. The topological polar surface area (TPSA) is 44.8 Å². The molecule has 120 valence electrons. The third kappa shape index (κ3) is 4.36. The number of aryl methyl sites for hydroxylation is 2. The smallest absolute Gasteiger partial charge is 0.336 e. The van der Waals surface area contributed by atoms with Crippen LogP contribution in [0.15, 0.2) is 42.5 Å². The van der Waals surface area contributed by atoms with E-state index >= 15 is 0 Å². The van der Waals surface area contributed by atoms with E-state index in [9.17, 15) is 4.79 Å². The fraction of sp³-hybridized carbons (Fsp3) is 0.211. The first-order valence-corrected chi connectivity index (χ1v) is 7.22. The van der Waals surface area contributed by atoms with Crippen molar-refractivity contribution in [3.63, 3.8) is 0 Å². The third-order valence-electron chi connectivity index (χ3n) is 3.36.